The van der Waals surface area contributed by atoms with Crippen molar-refractivity contribution in [3.05, 3.63) is 0 Å². The minimum atomic E-state index is 0.440. The van der Waals surface area contributed by atoms with Crippen molar-refractivity contribution in [2.45, 2.75) is 19.3 Å². The van der Waals surface area contributed by atoms with Crippen LogP contribution >= 0.6 is 0 Å². The molecule has 0 aromatic heterocycles. The van der Waals surface area contributed by atoms with Crippen LogP contribution in [-0.4, -0.2) is 27.8 Å². The molecule has 1 rings (SSSR count). The van der Waals surface area contributed by atoms with Gasteiger partial charge in [-0.25, -0.2) is 0 Å². The van der Waals surface area contributed by atoms with E-state index in [1.165, 1.54) is 35.0 Å². The molecule has 1 fully saturated rings. The van der Waals surface area contributed by atoms with Gasteiger partial charge >= 0.3 is 68.5 Å². The van der Waals surface area contributed by atoms with Gasteiger partial charge in [0.1, 0.15) is 0 Å². The molecule has 0 aromatic rings. The first kappa shape index (κ1) is 7.79. The molecule has 1 aliphatic rings. The van der Waals surface area contributed by atoms with Gasteiger partial charge in [-0.15, -0.1) is 0 Å². The number of halogens is 1. The second kappa shape index (κ2) is 3.19. The van der Waals surface area contributed by atoms with Gasteiger partial charge in [-0.05, 0) is 0 Å². The molecule has 0 bridgehead atoms. The third kappa shape index (κ3) is 2.08. The van der Waals surface area contributed by atoms with Crippen molar-refractivity contribution in [2.24, 2.45) is 0 Å². The van der Waals surface area contributed by atoms with Crippen LogP contribution < -0.4 is 21.5 Å². The Labute approximate surface area is 68.6 Å². The minimum absolute atomic E-state index is 0.440. The Kier molecular flexibility index (Phi) is 2.76. The summed E-state index contributed by atoms with van der Waals surface area (Å²) < 4.78 is 1.43. The van der Waals surface area contributed by atoms with Gasteiger partial charge in [-0.3, -0.25) is 0 Å². The van der Waals surface area contributed by atoms with Crippen molar-refractivity contribution in [1.29, 1.82) is 0 Å². The Morgan fingerprint density at radius 2 is 1.67 bits per heavy atom. The van der Waals surface area contributed by atoms with Crippen molar-refractivity contribution in [2.75, 3.05) is 25.1 Å². The first-order valence-corrected chi connectivity index (χ1v) is 6.75. The van der Waals surface area contributed by atoms with E-state index in [0.717, 1.165) is 0 Å². The number of nitrogens with zero attached hydrogens (tertiary/aromatic N) is 1. The molecule has 1 nitrogen and oxygen atoms in total. The number of alkyl halides is 1. The van der Waals surface area contributed by atoms with Gasteiger partial charge in [-0.1, -0.05) is 0 Å². The van der Waals surface area contributed by atoms with Crippen molar-refractivity contribution < 1.29 is 24.2 Å². The standard InChI is InChI=1S/C7H16IN/c1-8-9(2)6-4-3-5-7-9/h3-7H2,1-2H3. The predicted octanol–water partition coefficient (Wildman–Crippen LogP) is -1.75. The number of rotatable bonds is 1. The first-order chi connectivity index (χ1) is 4.27. The fourth-order valence-electron chi connectivity index (χ4n) is 1.34. The van der Waals surface area contributed by atoms with Crippen molar-refractivity contribution in [3.8, 4) is 0 Å². The van der Waals surface area contributed by atoms with Crippen LogP contribution in [0.15, 0.2) is 0 Å². The predicted molar refractivity (Wildman–Crippen MR) is 35.7 cm³/mol. The maximum absolute atomic E-state index is 2.42. The molecular weight excluding hydrogens is 225 g/mol. The summed E-state index contributed by atoms with van der Waals surface area (Å²) in [7, 11) is 2.42. The Hall–Kier alpha value is 0.690. The van der Waals surface area contributed by atoms with Crippen LogP contribution in [0.3, 0.4) is 0 Å². The molecule has 0 radical (unpaired) electrons. The molecule has 0 aromatic carbocycles. The zero-order valence-electron chi connectivity index (χ0n) is 6.36. The van der Waals surface area contributed by atoms with Gasteiger partial charge in [0, 0.05) is 0 Å². The summed E-state index contributed by atoms with van der Waals surface area (Å²) in [5.41, 5.74) is 0. The molecule has 0 atom stereocenters. The molecule has 0 aliphatic carbocycles. The monoisotopic (exact) mass is 241 g/mol. The normalized spacial score (nSPS) is 26.4. The molecule has 0 N–H and O–H groups in total. The topological polar surface area (TPSA) is 0 Å². The Morgan fingerprint density at radius 3 is 2.00 bits per heavy atom. The molecule has 9 heavy (non-hydrogen) atoms. The summed E-state index contributed by atoms with van der Waals surface area (Å²) >= 11 is 0.440. The van der Waals surface area contributed by atoms with Crippen LogP contribution in [0, 0.1) is 0 Å². The van der Waals surface area contributed by atoms with Gasteiger partial charge in [0.05, 0.1) is 0 Å². The van der Waals surface area contributed by atoms with E-state index in [4.69, 9.17) is 0 Å². The quantitative estimate of drug-likeness (QED) is 0.290. The average molecular weight is 241 g/mol. The Bertz CT molecular complexity index is 86.9. The number of hydrogen-bond donors (Lipinski definition) is 0. The third-order valence-corrected chi connectivity index (χ3v) is 5.45. The van der Waals surface area contributed by atoms with Crippen LogP contribution in [0.2, 0.25) is 0 Å². The maximum atomic E-state index is 2.42. The second-order valence-corrected chi connectivity index (χ2v) is 6.24. The SMILES string of the molecule is C[I-][N+]1(C)CCCCC1. The van der Waals surface area contributed by atoms with Gasteiger partial charge in [0.2, 0.25) is 0 Å². The molecule has 2 heteroatoms. The fraction of sp³-hybridized carbons (Fsp3) is 1.00. The molecule has 0 amide bonds. The van der Waals surface area contributed by atoms with Crippen LogP contribution in [0.4, 0.5) is 0 Å². The summed E-state index contributed by atoms with van der Waals surface area (Å²) in [5.74, 6) is 0. The van der Waals surface area contributed by atoms with E-state index in [-0.39, 0.29) is 0 Å². The van der Waals surface area contributed by atoms with Gasteiger partial charge in [0.15, 0.2) is 0 Å². The molecule has 1 aliphatic heterocycles. The van der Waals surface area contributed by atoms with Crippen molar-refractivity contribution in [1.82, 2.24) is 0 Å². The second-order valence-electron chi connectivity index (χ2n) is 2.94. The van der Waals surface area contributed by atoms with E-state index >= 15 is 0 Å². The number of likely N-dealkylation sites (tertiary alicyclic amines) is 1. The summed E-state index contributed by atoms with van der Waals surface area (Å²) in [4.78, 5) is 2.41. The van der Waals surface area contributed by atoms with Crippen LogP contribution in [0.1, 0.15) is 19.3 Å². The number of piperidine rings is 1. The number of quaternary nitrogens is 1. The van der Waals surface area contributed by atoms with E-state index < -0.39 is 0 Å². The van der Waals surface area contributed by atoms with E-state index in [1.54, 1.807) is 0 Å². The van der Waals surface area contributed by atoms with E-state index in [2.05, 4.69) is 12.0 Å². The fourth-order valence-corrected chi connectivity index (χ4v) is 2.99. The Balaban J connectivity index is 2.37. The number of hydrogen-bond acceptors (Lipinski definition) is 0. The molecule has 0 unspecified atom stereocenters. The van der Waals surface area contributed by atoms with Crippen molar-refractivity contribution in [3.63, 3.8) is 0 Å². The van der Waals surface area contributed by atoms with E-state index in [0.29, 0.717) is 21.5 Å². The summed E-state index contributed by atoms with van der Waals surface area (Å²) in [6.45, 7) is 2.92. The van der Waals surface area contributed by atoms with Crippen LogP contribution in [0.5, 0.6) is 0 Å². The molecule has 0 saturated carbocycles. The molecule has 1 saturated heterocycles. The summed E-state index contributed by atoms with van der Waals surface area (Å²) in [6.07, 6.45) is 4.44. The van der Waals surface area contributed by atoms with Gasteiger partial charge in [0.25, 0.3) is 0 Å². The molecule has 56 valence electrons. The van der Waals surface area contributed by atoms with E-state index in [1.807, 2.05) is 0 Å². The van der Waals surface area contributed by atoms with Crippen molar-refractivity contribution >= 4 is 0 Å². The molecular formula is C7H16IN. The summed E-state index contributed by atoms with van der Waals surface area (Å²) in [5, 5.41) is 0. The first-order valence-electron chi connectivity index (χ1n) is 3.63. The van der Waals surface area contributed by atoms with Gasteiger partial charge < -0.3 is 0 Å². The Morgan fingerprint density at radius 1 is 1.11 bits per heavy atom. The van der Waals surface area contributed by atoms with Gasteiger partial charge in [-0.2, -0.15) is 0 Å². The third-order valence-electron chi connectivity index (χ3n) is 2.16. The molecule has 0 spiro atoms. The average Bonchev–Trinajstić information content (AvgIpc) is 1.90. The summed E-state index contributed by atoms with van der Waals surface area (Å²) in [6, 6.07) is 0. The zero-order valence-corrected chi connectivity index (χ0v) is 8.52. The van der Waals surface area contributed by atoms with E-state index in [9.17, 15) is 0 Å². The molecule has 1 heterocycles. The van der Waals surface area contributed by atoms with Crippen LogP contribution in [-0.2, 0) is 0 Å². The van der Waals surface area contributed by atoms with Crippen LogP contribution in [0.25, 0.3) is 0 Å². The zero-order chi connectivity index (χ0) is 6.74.